The topological polar surface area (TPSA) is 12.9 Å². The molecule has 0 amide bonds. The van der Waals surface area contributed by atoms with Gasteiger partial charge in [0.15, 0.2) is 0 Å². The Bertz CT molecular complexity index is 470. The molecule has 0 aliphatic carbocycles. The SMILES string of the molecule is Fc1ccc(Cl)c(-c2nc(Cl)cs2)c1. The normalized spacial score (nSPS) is 10.5. The summed E-state index contributed by atoms with van der Waals surface area (Å²) in [4.78, 5) is 4.02. The first-order valence-corrected chi connectivity index (χ1v) is 5.37. The molecule has 2 aromatic rings. The highest BCUT2D eigenvalue weighted by atomic mass is 35.5. The van der Waals surface area contributed by atoms with Crippen LogP contribution in [0.25, 0.3) is 10.6 Å². The fourth-order valence-electron chi connectivity index (χ4n) is 1.04. The molecule has 5 heteroatoms. The molecule has 0 N–H and O–H groups in total. The summed E-state index contributed by atoms with van der Waals surface area (Å²) in [6.45, 7) is 0. The Morgan fingerprint density at radius 1 is 1.29 bits per heavy atom. The van der Waals surface area contributed by atoms with Crippen molar-refractivity contribution < 1.29 is 4.39 Å². The lowest BCUT2D eigenvalue weighted by atomic mass is 10.2. The molecule has 1 aromatic carbocycles. The molecule has 0 aliphatic heterocycles. The third-order valence-corrected chi connectivity index (χ3v) is 3.16. The molecular formula is C9H4Cl2FNS. The fraction of sp³-hybridized carbons (Fsp3) is 0. The third-order valence-electron chi connectivity index (χ3n) is 1.63. The Morgan fingerprint density at radius 2 is 2.07 bits per heavy atom. The summed E-state index contributed by atoms with van der Waals surface area (Å²) in [5.74, 6) is -0.337. The van der Waals surface area contributed by atoms with Gasteiger partial charge in [0.05, 0.1) is 5.02 Å². The minimum atomic E-state index is -0.337. The third kappa shape index (κ3) is 1.90. The van der Waals surface area contributed by atoms with Crippen LogP contribution in [0.5, 0.6) is 0 Å². The first-order valence-electron chi connectivity index (χ1n) is 3.73. The Kier molecular flexibility index (Phi) is 2.72. The van der Waals surface area contributed by atoms with Crippen molar-refractivity contribution in [2.75, 3.05) is 0 Å². The first-order chi connectivity index (χ1) is 6.66. The van der Waals surface area contributed by atoms with Gasteiger partial charge in [-0.15, -0.1) is 11.3 Å². The van der Waals surface area contributed by atoms with Crippen LogP contribution >= 0.6 is 34.5 Å². The van der Waals surface area contributed by atoms with Gasteiger partial charge in [-0.25, -0.2) is 9.37 Å². The monoisotopic (exact) mass is 247 g/mol. The van der Waals surface area contributed by atoms with Crippen LogP contribution in [0.3, 0.4) is 0 Å². The Balaban J connectivity index is 2.55. The zero-order valence-electron chi connectivity index (χ0n) is 6.80. The van der Waals surface area contributed by atoms with Crippen LogP contribution < -0.4 is 0 Å². The maximum Gasteiger partial charge on any atom is 0.140 e. The summed E-state index contributed by atoms with van der Waals surface area (Å²) in [5, 5.41) is 3.17. The number of hydrogen-bond acceptors (Lipinski definition) is 2. The van der Waals surface area contributed by atoms with Gasteiger partial charge in [-0.2, -0.15) is 0 Å². The summed E-state index contributed by atoms with van der Waals surface area (Å²) in [5.41, 5.74) is 0.573. The smallest absolute Gasteiger partial charge is 0.140 e. The van der Waals surface area contributed by atoms with E-state index in [0.29, 0.717) is 20.7 Å². The summed E-state index contributed by atoms with van der Waals surface area (Å²) in [7, 11) is 0. The standard InChI is InChI=1S/C9H4Cl2FNS/c10-7-2-1-5(12)3-6(7)9-13-8(11)4-14-9/h1-4H. The molecule has 0 spiro atoms. The van der Waals surface area contributed by atoms with Gasteiger partial charge in [-0.05, 0) is 18.2 Å². The second-order valence-electron chi connectivity index (χ2n) is 2.60. The maximum atomic E-state index is 12.9. The van der Waals surface area contributed by atoms with Crippen LogP contribution in [0.15, 0.2) is 23.6 Å². The van der Waals surface area contributed by atoms with E-state index in [1.54, 1.807) is 5.38 Å². The molecule has 0 radical (unpaired) electrons. The number of nitrogens with zero attached hydrogens (tertiary/aromatic N) is 1. The van der Waals surface area contributed by atoms with E-state index in [1.807, 2.05) is 0 Å². The Morgan fingerprint density at radius 3 is 2.71 bits per heavy atom. The lowest BCUT2D eigenvalue weighted by molar-refractivity contribution is 0.628. The van der Waals surface area contributed by atoms with Gasteiger partial charge >= 0.3 is 0 Å². The van der Waals surface area contributed by atoms with E-state index in [0.717, 1.165) is 0 Å². The summed E-state index contributed by atoms with van der Waals surface area (Å²) in [6, 6.07) is 4.15. The number of thiazole rings is 1. The second kappa shape index (κ2) is 3.85. The van der Waals surface area contributed by atoms with E-state index in [9.17, 15) is 4.39 Å². The molecule has 0 saturated heterocycles. The number of benzene rings is 1. The Hall–Kier alpha value is -0.640. The highest BCUT2D eigenvalue weighted by Crippen LogP contribution is 2.31. The summed E-state index contributed by atoms with van der Waals surface area (Å²) < 4.78 is 12.9. The van der Waals surface area contributed by atoms with Crippen LogP contribution in [0.4, 0.5) is 4.39 Å². The summed E-state index contributed by atoms with van der Waals surface area (Å²) in [6.07, 6.45) is 0. The molecule has 1 aromatic heterocycles. The highest BCUT2D eigenvalue weighted by molar-refractivity contribution is 7.13. The van der Waals surface area contributed by atoms with E-state index in [1.165, 1.54) is 29.5 Å². The first kappa shape index (κ1) is 9.90. The Labute approximate surface area is 94.1 Å². The molecule has 0 atom stereocenters. The number of rotatable bonds is 1. The van der Waals surface area contributed by atoms with Gasteiger partial charge in [0.1, 0.15) is 16.0 Å². The van der Waals surface area contributed by atoms with Crippen LogP contribution in [0.2, 0.25) is 10.2 Å². The predicted octanol–water partition coefficient (Wildman–Crippen LogP) is 4.26. The van der Waals surface area contributed by atoms with Gasteiger partial charge in [0, 0.05) is 10.9 Å². The van der Waals surface area contributed by atoms with E-state index >= 15 is 0 Å². The zero-order chi connectivity index (χ0) is 10.1. The van der Waals surface area contributed by atoms with E-state index < -0.39 is 0 Å². The average Bonchev–Trinajstić information content (AvgIpc) is 2.56. The largest absolute Gasteiger partial charge is 0.224 e. The predicted molar refractivity (Wildman–Crippen MR) is 57.5 cm³/mol. The molecule has 1 heterocycles. The number of hydrogen-bond donors (Lipinski definition) is 0. The molecule has 0 aliphatic rings. The molecule has 14 heavy (non-hydrogen) atoms. The zero-order valence-corrected chi connectivity index (χ0v) is 9.13. The van der Waals surface area contributed by atoms with E-state index in [4.69, 9.17) is 23.2 Å². The van der Waals surface area contributed by atoms with Gasteiger partial charge in [0.2, 0.25) is 0 Å². The average molecular weight is 248 g/mol. The van der Waals surface area contributed by atoms with Crippen molar-refractivity contribution in [2.45, 2.75) is 0 Å². The molecule has 2 rings (SSSR count). The molecule has 0 saturated carbocycles. The van der Waals surface area contributed by atoms with Gasteiger partial charge in [0.25, 0.3) is 0 Å². The molecular weight excluding hydrogens is 244 g/mol. The molecule has 72 valence electrons. The van der Waals surface area contributed by atoms with Crippen molar-refractivity contribution in [1.82, 2.24) is 4.98 Å². The van der Waals surface area contributed by atoms with E-state index in [2.05, 4.69) is 4.98 Å². The van der Waals surface area contributed by atoms with Gasteiger partial charge in [-0.1, -0.05) is 23.2 Å². The minimum Gasteiger partial charge on any atom is -0.224 e. The van der Waals surface area contributed by atoms with Crippen molar-refractivity contribution in [1.29, 1.82) is 0 Å². The summed E-state index contributed by atoms with van der Waals surface area (Å²) >= 11 is 12.9. The van der Waals surface area contributed by atoms with Crippen molar-refractivity contribution in [3.63, 3.8) is 0 Å². The quantitative estimate of drug-likeness (QED) is 0.734. The highest BCUT2D eigenvalue weighted by Gasteiger charge is 2.08. The second-order valence-corrected chi connectivity index (χ2v) is 4.25. The van der Waals surface area contributed by atoms with Crippen LogP contribution in [-0.2, 0) is 0 Å². The van der Waals surface area contributed by atoms with Crippen molar-refractivity contribution in [3.8, 4) is 10.6 Å². The van der Waals surface area contributed by atoms with Crippen LogP contribution in [0, 0.1) is 5.82 Å². The maximum absolute atomic E-state index is 12.9. The van der Waals surface area contributed by atoms with Gasteiger partial charge < -0.3 is 0 Å². The van der Waals surface area contributed by atoms with Crippen LogP contribution in [0.1, 0.15) is 0 Å². The van der Waals surface area contributed by atoms with Crippen molar-refractivity contribution >= 4 is 34.5 Å². The lowest BCUT2D eigenvalue weighted by Crippen LogP contribution is -1.80. The molecule has 0 bridgehead atoms. The number of halogens is 3. The lowest BCUT2D eigenvalue weighted by Gasteiger charge is -1.99. The van der Waals surface area contributed by atoms with Crippen molar-refractivity contribution in [3.05, 3.63) is 39.6 Å². The fourth-order valence-corrected chi connectivity index (χ4v) is 2.28. The van der Waals surface area contributed by atoms with Gasteiger partial charge in [-0.3, -0.25) is 0 Å². The molecule has 0 unspecified atom stereocenters. The molecule has 0 fully saturated rings. The number of aromatic nitrogens is 1. The van der Waals surface area contributed by atoms with Crippen molar-refractivity contribution in [2.24, 2.45) is 0 Å². The minimum absolute atomic E-state index is 0.337. The van der Waals surface area contributed by atoms with Crippen LogP contribution in [-0.4, -0.2) is 4.98 Å². The molecule has 1 nitrogen and oxygen atoms in total. The van der Waals surface area contributed by atoms with E-state index in [-0.39, 0.29) is 5.82 Å².